The van der Waals surface area contributed by atoms with E-state index in [9.17, 15) is 0 Å². The van der Waals surface area contributed by atoms with Crippen LogP contribution in [0, 0.1) is 0 Å². The number of hydrogen-bond acceptors (Lipinski definition) is 1. The van der Waals surface area contributed by atoms with Gasteiger partial charge in [0.15, 0.2) is 0 Å². The van der Waals surface area contributed by atoms with Gasteiger partial charge in [0.2, 0.25) is 0 Å². The maximum atomic E-state index is 15.5. The van der Waals surface area contributed by atoms with E-state index in [1.807, 2.05) is 6.07 Å². The van der Waals surface area contributed by atoms with Crippen LogP contribution in [0.4, 0.5) is 0 Å². The summed E-state index contributed by atoms with van der Waals surface area (Å²) in [5.41, 5.74) is 5.39. The Kier molecular flexibility index (Phi) is 5.96. The Morgan fingerprint density at radius 3 is 1.49 bits per heavy atom. The van der Waals surface area contributed by atoms with Crippen molar-refractivity contribution in [1.82, 2.24) is 0 Å². The molecule has 7 rings (SSSR count). The molecular weight excluding hydrogens is 539 g/mol. The average Bonchev–Trinajstić information content (AvgIpc) is 3.40. The quantitative estimate of drug-likeness (QED) is 0.197. The Bertz CT molecular complexity index is 1650. The zero-order chi connectivity index (χ0) is 26.3. The first-order valence-corrected chi connectivity index (χ1v) is 15.3. The van der Waals surface area contributed by atoms with Crippen LogP contribution < -0.4 is 4.46 Å². The van der Waals surface area contributed by atoms with Crippen LogP contribution in [0.2, 0.25) is 4.82 Å². The van der Waals surface area contributed by atoms with Crippen LogP contribution in [0.5, 0.6) is 0 Å². The fourth-order valence-electron chi connectivity index (χ4n) is 6.95. The summed E-state index contributed by atoms with van der Waals surface area (Å²) in [7, 11) is 0. The van der Waals surface area contributed by atoms with E-state index in [1.165, 1.54) is 15.6 Å². The van der Waals surface area contributed by atoms with Gasteiger partial charge in [0.1, 0.15) is 0 Å². The predicted molar refractivity (Wildman–Crippen MR) is 161 cm³/mol. The third-order valence-electron chi connectivity index (χ3n) is 8.43. The van der Waals surface area contributed by atoms with Gasteiger partial charge in [-0.25, -0.2) is 0 Å². The molecule has 3 atom stereocenters. The van der Waals surface area contributed by atoms with Gasteiger partial charge >= 0.3 is 237 Å². The summed E-state index contributed by atoms with van der Waals surface area (Å²) in [6.45, 7) is 0. The van der Waals surface area contributed by atoms with E-state index in [4.69, 9.17) is 0 Å². The number of Topliss-reactive ketones (excluding diaryl/α,β-unsaturated/α-hetero) is 1. The van der Waals surface area contributed by atoms with Crippen LogP contribution in [-0.4, -0.2) is 20.7 Å². The van der Waals surface area contributed by atoms with Crippen LogP contribution in [0.25, 0.3) is 11.1 Å². The van der Waals surface area contributed by atoms with Crippen molar-refractivity contribution in [3.05, 3.63) is 174 Å². The van der Waals surface area contributed by atoms with Crippen LogP contribution >= 0.6 is 0 Å². The molecule has 2 aliphatic carbocycles. The monoisotopic (exact) mass is 568 g/mol. The molecule has 2 heteroatoms. The molecule has 188 valence electrons. The summed E-state index contributed by atoms with van der Waals surface area (Å²) in [4.78, 5) is 15.7. The zero-order valence-electron chi connectivity index (χ0n) is 21.5. The van der Waals surface area contributed by atoms with Gasteiger partial charge in [-0.3, -0.25) is 0 Å². The van der Waals surface area contributed by atoms with Crippen molar-refractivity contribution in [3.63, 3.8) is 0 Å². The van der Waals surface area contributed by atoms with Gasteiger partial charge in [-0.2, -0.15) is 0 Å². The van der Waals surface area contributed by atoms with E-state index in [0.29, 0.717) is 5.78 Å². The van der Waals surface area contributed by atoms with E-state index in [1.54, 1.807) is 0 Å². The van der Waals surface area contributed by atoms with Gasteiger partial charge < -0.3 is 0 Å². The van der Waals surface area contributed by atoms with Crippen LogP contribution in [-0.2, 0) is 15.6 Å². The van der Waals surface area contributed by atoms with Crippen LogP contribution in [0.3, 0.4) is 0 Å². The number of allylic oxidation sites excluding steroid dienone is 2. The van der Waals surface area contributed by atoms with E-state index in [2.05, 4.69) is 146 Å². The molecule has 0 radical (unpaired) electrons. The van der Waals surface area contributed by atoms with Crippen molar-refractivity contribution in [2.75, 3.05) is 0 Å². The first-order chi connectivity index (χ1) is 19.3. The molecule has 2 aliphatic rings. The molecule has 5 aromatic carbocycles. The third kappa shape index (κ3) is 3.56. The molecule has 2 bridgehead atoms. The summed E-state index contributed by atoms with van der Waals surface area (Å²) in [5.74, 6) is 0.327. The Hall–Kier alpha value is -3.97. The van der Waals surface area contributed by atoms with Gasteiger partial charge in [-0.1, -0.05) is 0 Å². The van der Waals surface area contributed by atoms with Gasteiger partial charge in [0.05, 0.1) is 0 Å². The summed E-state index contributed by atoms with van der Waals surface area (Å²) in [5, 5.41) is 0. The van der Waals surface area contributed by atoms with Gasteiger partial charge in [0, 0.05) is 0 Å². The summed E-state index contributed by atoms with van der Waals surface area (Å²) >= 11 is 0.0888. The molecule has 0 amide bonds. The van der Waals surface area contributed by atoms with Crippen LogP contribution in [0.15, 0.2) is 152 Å². The Morgan fingerprint density at radius 2 is 0.949 bits per heavy atom. The van der Waals surface area contributed by atoms with Crippen molar-refractivity contribution < 1.29 is 4.79 Å². The summed E-state index contributed by atoms with van der Waals surface area (Å²) in [6, 6.07) is 53.2. The van der Waals surface area contributed by atoms with Crippen LogP contribution in [0.1, 0.15) is 28.7 Å². The van der Waals surface area contributed by atoms with E-state index < -0.39 is 10.8 Å². The number of benzene rings is 5. The molecule has 0 spiro atoms. The standard InChI is InChI=1S/C37H28OSe/c38-35-36(29-20-10-3-11-21-29)26-32(39-31-24-14-5-15-25-31)37(35,30-22-12-4-13-23-30)34(28-18-8-2-9-19-28)33(36)27-16-6-1-7-17-27/h1-25,32H,26H2. The molecular formula is C37H28OSe. The number of ketones is 1. The van der Waals surface area contributed by atoms with E-state index >= 15 is 4.79 Å². The predicted octanol–water partition coefficient (Wildman–Crippen LogP) is 7.28. The summed E-state index contributed by atoms with van der Waals surface area (Å²) < 4.78 is 1.34. The number of fused-ring (bicyclic) bond motifs is 2. The maximum absolute atomic E-state index is 15.5. The molecule has 5 aromatic rings. The van der Waals surface area contributed by atoms with Crippen molar-refractivity contribution >= 4 is 36.3 Å². The fourth-order valence-corrected chi connectivity index (χ4v) is 10.1. The van der Waals surface area contributed by atoms with E-state index in [-0.39, 0.29) is 19.8 Å². The molecule has 0 saturated heterocycles. The van der Waals surface area contributed by atoms with E-state index in [0.717, 1.165) is 28.7 Å². The Morgan fingerprint density at radius 1 is 0.513 bits per heavy atom. The molecule has 0 aliphatic heterocycles. The first kappa shape index (κ1) is 24.1. The van der Waals surface area contributed by atoms with Crippen molar-refractivity contribution in [1.29, 1.82) is 0 Å². The third-order valence-corrected chi connectivity index (χ3v) is 11.3. The van der Waals surface area contributed by atoms with Crippen molar-refractivity contribution in [2.24, 2.45) is 0 Å². The second-order valence-corrected chi connectivity index (χ2v) is 13.1. The normalized spacial score (nSPS) is 23.8. The number of carbonyl (C=O) groups is 1. The number of rotatable bonds is 6. The van der Waals surface area contributed by atoms with Crippen molar-refractivity contribution in [3.8, 4) is 0 Å². The van der Waals surface area contributed by atoms with Gasteiger partial charge in [-0.15, -0.1) is 0 Å². The van der Waals surface area contributed by atoms with Crippen molar-refractivity contribution in [2.45, 2.75) is 22.1 Å². The topological polar surface area (TPSA) is 17.1 Å². The molecule has 3 unspecified atom stereocenters. The summed E-state index contributed by atoms with van der Waals surface area (Å²) in [6.07, 6.45) is 0.806. The first-order valence-electron chi connectivity index (χ1n) is 13.5. The minimum absolute atomic E-state index is 0.0888. The second kappa shape index (κ2) is 9.65. The fraction of sp³-hybridized carbons (Fsp3) is 0.108. The minimum atomic E-state index is -0.737. The molecule has 0 heterocycles. The number of hydrogen-bond donors (Lipinski definition) is 0. The molecule has 1 nitrogen and oxygen atoms in total. The SMILES string of the molecule is O=C1C2(c3ccccc3)CC([Se]c3ccccc3)C1(c1ccccc1)C(c1ccccc1)=C2c1ccccc1. The Balaban J connectivity index is 1.62. The van der Waals surface area contributed by atoms with Gasteiger partial charge in [-0.05, 0) is 0 Å². The molecule has 1 fully saturated rings. The second-order valence-electron chi connectivity index (χ2n) is 10.4. The molecule has 0 aromatic heterocycles. The zero-order valence-corrected chi connectivity index (χ0v) is 23.2. The van der Waals surface area contributed by atoms with Gasteiger partial charge in [0.25, 0.3) is 0 Å². The molecule has 1 saturated carbocycles. The molecule has 39 heavy (non-hydrogen) atoms. The number of carbonyl (C=O) groups excluding carboxylic acids is 1. The Labute approximate surface area is 236 Å². The molecule has 0 N–H and O–H groups in total. The average molecular weight is 568 g/mol.